The van der Waals surface area contributed by atoms with Gasteiger partial charge in [0.1, 0.15) is 0 Å². The minimum absolute atomic E-state index is 0.143. The number of halogens is 2. The second-order valence-corrected chi connectivity index (χ2v) is 7.75. The summed E-state index contributed by atoms with van der Waals surface area (Å²) in [5.74, 6) is 0. The maximum absolute atomic E-state index is 6.28. The predicted octanol–water partition coefficient (Wildman–Crippen LogP) is 5.43. The van der Waals surface area contributed by atoms with Crippen molar-refractivity contribution >= 4 is 45.9 Å². The quantitative estimate of drug-likeness (QED) is 0.792. The van der Waals surface area contributed by atoms with E-state index < -0.39 is 0 Å². The van der Waals surface area contributed by atoms with Crippen molar-refractivity contribution in [3.05, 3.63) is 41.7 Å². The van der Waals surface area contributed by atoms with Gasteiger partial charge in [0.15, 0.2) is 0 Å². The molecule has 2 aromatic heterocycles. The highest BCUT2D eigenvalue weighted by molar-refractivity contribution is 7.20. The SMILES string of the molecule is CCNC(c1cc(Cl)sc1Cl)c1sc(C)cc1C. The van der Waals surface area contributed by atoms with Crippen molar-refractivity contribution in [2.75, 3.05) is 6.54 Å². The maximum atomic E-state index is 6.28. The van der Waals surface area contributed by atoms with Crippen LogP contribution in [0.25, 0.3) is 0 Å². The van der Waals surface area contributed by atoms with E-state index in [4.69, 9.17) is 23.2 Å². The van der Waals surface area contributed by atoms with E-state index in [1.54, 1.807) is 0 Å². The van der Waals surface area contributed by atoms with Gasteiger partial charge < -0.3 is 5.32 Å². The first-order valence-electron chi connectivity index (χ1n) is 5.78. The van der Waals surface area contributed by atoms with E-state index in [0.29, 0.717) is 0 Å². The Morgan fingerprint density at radius 2 is 1.94 bits per heavy atom. The van der Waals surface area contributed by atoms with Crippen LogP contribution in [0.3, 0.4) is 0 Å². The average Bonchev–Trinajstić information content (AvgIpc) is 2.78. The molecule has 0 bridgehead atoms. The molecule has 5 heteroatoms. The molecule has 0 fully saturated rings. The number of rotatable bonds is 4. The summed E-state index contributed by atoms with van der Waals surface area (Å²) >= 11 is 15.6. The lowest BCUT2D eigenvalue weighted by Crippen LogP contribution is -2.21. The normalized spacial score (nSPS) is 12.9. The second kappa shape index (κ2) is 5.93. The standard InChI is InChI=1S/C13H15Cl2NS2/c1-4-16-11(9-6-10(14)18-13(9)15)12-7(2)5-8(3)17-12/h5-6,11,16H,4H2,1-3H3. The van der Waals surface area contributed by atoms with Crippen molar-refractivity contribution in [2.45, 2.75) is 26.8 Å². The fourth-order valence-electron chi connectivity index (χ4n) is 2.04. The third-order valence-corrected chi connectivity index (χ3v) is 5.48. The third kappa shape index (κ3) is 2.91. The van der Waals surface area contributed by atoms with Gasteiger partial charge in [0.05, 0.1) is 14.7 Å². The van der Waals surface area contributed by atoms with Gasteiger partial charge in [-0.25, -0.2) is 0 Å². The highest BCUT2D eigenvalue weighted by Gasteiger charge is 2.21. The minimum Gasteiger partial charge on any atom is -0.306 e. The molecule has 0 spiro atoms. The van der Waals surface area contributed by atoms with Crippen LogP contribution in [0, 0.1) is 13.8 Å². The molecule has 98 valence electrons. The van der Waals surface area contributed by atoms with Gasteiger partial charge in [-0.1, -0.05) is 30.1 Å². The summed E-state index contributed by atoms with van der Waals surface area (Å²) in [4.78, 5) is 2.65. The van der Waals surface area contributed by atoms with E-state index in [1.807, 2.05) is 17.4 Å². The molecule has 0 aromatic carbocycles. The first-order valence-corrected chi connectivity index (χ1v) is 8.16. The molecule has 18 heavy (non-hydrogen) atoms. The van der Waals surface area contributed by atoms with E-state index in [1.165, 1.54) is 26.7 Å². The largest absolute Gasteiger partial charge is 0.306 e. The number of aryl methyl sites for hydroxylation is 2. The number of hydrogen-bond acceptors (Lipinski definition) is 3. The minimum atomic E-state index is 0.143. The highest BCUT2D eigenvalue weighted by atomic mass is 35.5. The maximum Gasteiger partial charge on any atom is 0.0995 e. The predicted molar refractivity (Wildman–Crippen MR) is 83.7 cm³/mol. The van der Waals surface area contributed by atoms with Gasteiger partial charge in [0, 0.05) is 15.3 Å². The summed E-state index contributed by atoms with van der Waals surface area (Å²) in [6.45, 7) is 7.27. The Kier molecular flexibility index (Phi) is 4.73. The molecular weight excluding hydrogens is 305 g/mol. The van der Waals surface area contributed by atoms with Gasteiger partial charge >= 0.3 is 0 Å². The van der Waals surface area contributed by atoms with Crippen LogP contribution < -0.4 is 5.32 Å². The Balaban J connectivity index is 2.46. The highest BCUT2D eigenvalue weighted by Crippen LogP contribution is 2.40. The van der Waals surface area contributed by atoms with Crippen molar-refractivity contribution in [1.82, 2.24) is 5.32 Å². The van der Waals surface area contributed by atoms with Crippen LogP contribution in [-0.4, -0.2) is 6.54 Å². The Morgan fingerprint density at radius 3 is 2.39 bits per heavy atom. The van der Waals surface area contributed by atoms with Gasteiger partial charge in [-0.05, 0) is 38.1 Å². The van der Waals surface area contributed by atoms with E-state index >= 15 is 0 Å². The Labute approximate surface area is 126 Å². The lowest BCUT2D eigenvalue weighted by molar-refractivity contribution is 0.639. The molecule has 1 unspecified atom stereocenters. The van der Waals surface area contributed by atoms with Crippen LogP contribution in [0.2, 0.25) is 8.67 Å². The van der Waals surface area contributed by atoms with Crippen molar-refractivity contribution in [2.24, 2.45) is 0 Å². The summed E-state index contributed by atoms with van der Waals surface area (Å²) in [6, 6.07) is 4.33. The molecule has 2 aromatic rings. The van der Waals surface area contributed by atoms with Crippen LogP contribution in [0.5, 0.6) is 0 Å². The average molecular weight is 320 g/mol. The fourth-order valence-corrected chi connectivity index (χ4v) is 4.71. The molecule has 0 aliphatic rings. The van der Waals surface area contributed by atoms with E-state index in [-0.39, 0.29) is 6.04 Å². The van der Waals surface area contributed by atoms with Gasteiger partial charge in [-0.3, -0.25) is 0 Å². The Hall–Kier alpha value is -0.0600. The molecule has 0 aliphatic carbocycles. The summed E-state index contributed by atoms with van der Waals surface area (Å²) in [7, 11) is 0. The number of hydrogen-bond donors (Lipinski definition) is 1. The zero-order valence-corrected chi connectivity index (χ0v) is 13.7. The van der Waals surface area contributed by atoms with Crippen molar-refractivity contribution in [1.29, 1.82) is 0 Å². The van der Waals surface area contributed by atoms with Crippen molar-refractivity contribution in [3.63, 3.8) is 0 Å². The second-order valence-electron chi connectivity index (χ2n) is 4.17. The number of nitrogens with one attached hydrogen (secondary N) is 1. The number of thiophene rings is 2. The van der Waals surface area contributed by atoms with E-state index in [0.717, 1.165) is 20.8 Å². The molecule has 0 radical (unpaired) electrons. The van der Waals surface area contributed by atoms with Gasteiger partial charge in [0.2, 0.25) is 0 Å². The Bertz CT molecular complexity index is 499. The van der Waals surface area contributed by atoms with Crippen molar-refractivity contribution in [3.8, 4) is 0 Å². The molecule has 0 saturated heterocycles. The molecule has 1 N–H and O–H groups in total. The lowest BCUT2D eigenvalue weighted by atomic mass is 10.1. The first-order chi connectivity index (χ1) is 8.52. The van der Waals surface area contributed by atoms with Crippen LogP contribution in [0.4, 0.5) is 0 Å². The summed E-state index contributed by atoms with van der Waals surface area (Å²) in [5, 5.41) is 3.50. The van der Waals surface area contributed by atoms with Crippen molar-refractivity contribution < 1.29 is 0 Å². The molecule has 1 nitrogen and oxygen atoms in total. The lowest BCUT2D eigenvalue weighted by Gasteiger charge is -2.17. The molecule has 1 atom stereocenters. The van der Waals surface area contributed by atoms with Crippen LogP contribution in [-0.2, 0) is 0 Å². The molecule has 0 amide bonds. The van der Waals surface area contributed by atoms with E-state index in [2.05, 4.69) is 32.2 Å². The van der Waals surface area contributed by atoms with Crippen LogP contribution >= 0.6 is 45.9 Å². The molecular formula is C13H15Cl2NS2. The summed E-state index contributed by atoms with van der Waals surface area (Å²) in [5.41, 5.74) is 2.39. The summed E-state index contributed by atoms with van der Waals surface area (Å²) < 4.78 is 1.51. The van der Waals surface area contributed by atoms with E-state index in [9.17, 15) is 0 Å². The van der Waals surface area contributed by atoms with Gasteiger partial charge in [0.25, 0.3) is 0 Å². The zero-order chi connectivity index (χ0) is 13.3. The zero-order valence-electron chi connectivity index (χ0n) is 10.5. The van der Waals surface area contributed by atoms with Crippen LogP contribution in [0.15, 0.2) is 12.1 Å². The third-order valence-electron chi connectivity index (χ3n) is 2.74. The fraction of sp³-hybridized carbons (Fsp3) is 0.385. The molecule has 0 aliphatic heterocycles. The molecule has 2 rings (SSSR count). The molecule has 0 saturated carbocycles. The topological polar surface area (TPSA) is 12.0 Å². The smallest absolute Gasteiger partial charge is 0.0995 e. The monoisotopic (exact) mass is 319 g/mol. The van der Waals surface area contributed by atoms with Crippen LogP contribution in [0.1, 0.15) is 33.8 Å². The summed E-state index contributed by atoms with van der Waals surface area (Å²) in [6.07, 6.45) is 0. The Morgan fingerprint density at radius 1 is 1.22 bits per heavy atom. The molecule has 2 heterocycles. The van der Waals surface area contributed by atoms with Gasteiger partial charge in [-0.2, -0.15) is 0 Å². The van der Waals surface area contributed by atoms with Gasteiger partial charge in [-0.15, -0.1) is 22.7 Å². The first kappa shape index (κ1) is 14.4.